The lowest BCUT2D eigenvalue weighted by molar-refractivity contribution is -0.149. The number of ether oxygens (including phenoxy) is 1. The number of nitrogens with one attached hydrogen (secondary N) is 1. The predicted molar refractivity (Wildman–Crippen MR) is 101 cm³/mol. The van der Waals surface area contributed by atoms with E-state index in [2.05, 4.69) is 21.2 Å². The predicted octanol–water partition coefficient (Wildman–Crippen LogP) is 3.06. The number of carbonyl (C=O) groups is 2. The van der Waals surface area contributed by atoms with Crippen molar-refractivity contribution < 1.29 is 14.3 Å². The highest BCUT2D eigenvalue weighted by molar-refractivity contribution is 9.10. The number of halogens is 1. The molecule has 3 atom stereocenters. The Bertz CT molecular complexity index is 827. The molecule has 2 bridgehead atoms. The molecule has 3 unspecified atom stereocenters. The molecule has 2 heterocycles. The quantitative estimate of drug-likeness (QED) is 0.835. The molecule has 2 fully saturated rings. The summed E-state index contributed by atoms with van der Waals surface area (Å²) >= 11 is 3.47. The molecule has 4 rings (SSSR count). The maximum Gasteiger partial charge on any atom is 0.269 e. The van der Waals surface area contributed by atoms with Crippen LogP contribution in [0.1, 0.15) is 24.5 Å². The van der Waals surface area contributed by atoms with E-state index in [4.69, 9.17) is 4.74 Å². The molecule has 0 radical (unpaired) electrons. The van der Waals surface area contributed by atoms with Gasteiger partial charge in [0.2, 0.25) is 12.0 Å². The van der Waals surface area contributed by atoms with Crippen molar-refractivity contribution in [1.29, 1.82) is 0 Å². The van der Waals surface area contributed by atoms with Crippen LogP contribution in [0.25, 0.3) is 0 Å². The molecular weight excluding hydrogens is 396 g/mol. The van der Waals surface area contributed by atoms with Gasteiger partial charge in [-0.15, -0.1) is 0 Å². The van der Waals surface area contributed by atoms with Gasteiger partial charge in [0, 0.05) is 12.1 Å². The van der Waals surface area contributed by atoms with Crippen molar-refractivity contribution in [3.8, 4) is 5.75 Å². The Morgan fingerprint density at radius 1 is 1.12 bits per heavy atom. The van der Waals surface area contributed by atoms with Crippen molar-refractivity contribution in [3.63, 3.8) is 0 Å². The average molecular weight is 415 g/mol. The molecular formula is C20H19BrN2O3. The fourth-order valence-corrected chi connectivity index (χ4v) is 4.08. The van der Waals surface area contributed by atoms with Crippen molar-refractivity contribution in [2.45, 2.75) is 31.0 Å². The van der Waals surface area contributed by atoms with Gasteiger partial charge >= 0.3 is 0 Å². The van der Waals surface area contributed by atoms with Crippen LogP contribution in [0.2, 0.25) is 0 Å². The number of hydrogen-bond donors (Lipinski definition) is 1. The van der Waals surface area contributed by atoms with Crippen LogP contribution in [0, 0.1) is 0 Å². The highest BCUT2D eigenvalue weighted by Crippen LogP contribution is 2.34. The molecule has 0 aliphatic carbocycles. The van der Waals surface area contributed by atoms with Gasteiger partial charge in [0.25, 0.3) is 5.91 Å². The van der Waals surface area contributed by atoms with Crippen LogP contribution < -0.4 is 10.1 Å². The van der Waals surface area contributed by atoms with E-state index in [1.165, 1.54) is 0 Å². The lowest BCUT2D eigenvalue weighted by atomic mass is 10.1. The zero-order valence-electron chi connectivity index (χ0n) is 14.1. The van der Waals surface area contributed by atoms with Gasteiger partial charge in [-0.2, -0.15) is 0 Å². The fourth-order valence-electron chi connectivity index (χ4n) is 3.70. The third-order valence-electron chi connectivity index (χ3n) is 4.98. The van der Waals surface area contributed by atoms with Crippen LogP contribution >= 0.6 is 15.9 Å². The highest BCUT2D eigenvalue weighted by atomic mass is 79.9. The van der Waals surface area contributed by atoms with Crippen molar-refractivity contribution >= 4 is 27.7 Å². The summed E-state index contributed by atoms with van der Waals surface area (Å²) in [5, 5.41) is 2.89. The van der Waals surface area contributed by atoms with Crippen LogP contribution in [0.5, 0.6) is 5.75 Å². The van der Waals surface area contributed by atoms with Crippen LogP contribution in [-0.4, -0.2) is 35.3 Å². The third-order valence-corrected chi connectivity index (χ3v) is 5.63. The summed E-state index contributed by atoms with van der Waals surface area (Å²) < 4.78 is 6.92. The summed E-state index contributed by atoms with van der Waals surface area (Å²) in [6, 6.07) is 16.5. The Kier molecular flexibility index (Phi) is 4.68. The van der Waals surface area contributed by atoms with Crippen molar-refractivity contribution in [1.82, 2.24) is 10.2 Å². The van der Waals surface area contributed by atoms with Gasteiger partial charge in [-0.3, -0.25) is 9.59 Å². The normalized spacial score (nSPS) is 22.7. The average Bonchev–Trinajstić information content (AvgIpc) is 3.01. The summed E-state index contributed by atoms with van der Waals surface area (Å²) in [5.41, 5.74) is 0.777. The second-order valence-corrected chi connectivity index (χ2v) is 7.43. The number of rotatable bonds is 4. The summed E-state index contributed by atoms with van der Waals surface area (Å²) in [6.45, 7) is 0.512. The van der Waals surface area contributed by atoms with E-state index < -0.39 is 12.1 Å². The highest BCUT2D eigenvalue weighted by Gasteiger charge is 2.47. The second kappa shape index (κ2) is 7.11. The Balaban J connectivity index is 1.68. The number of piperazine rings is 1. The molecule has 2 aliphatic heterocycles. The van der Waals surface area contributed by atoms with Crippen molar-refractivity contribution in [2.75, 3.05) is 6.54 Å². The lowest BCUT2D eigenvalue weighted by Gasteiger charge is -2.36. The maximum absolute atomic E-state index is 13.4. The van der Waals surface area contributed by atoms with Crippen LogP contribution in [0.3, 0.4) is 0 Å². The number of fused-ring (bicyclic) bond motifs is 2. The smallest absolute Gasteiger partial charge is 0.269 e. The van der Waals surface area contributed by atoms with Gasteiger partial charge in [-0.25, -0.2) is 0 Å². The monoisotopic (exact) mass is 414 g/mol. The SMILES string of the molecule is O=C1NCC2CCC1N2C(=O)C(Oc1ccccc1Br)c1ccccc1. The van der Waals surface area contributed by atoms with Crippen molar-refractivity contribution in [2.24, 2.45) is 0 Å². The number of nitrogens with zero attached hydrogens (tertiary/aromatic N) is 1. The number of amides is 2. The van der Waals surface area contributed by atoms with E-state index in [1.807, 2.05) is 54.6 Å². The topological polar surface area (TPSA) is 58.6 Å². The first-order chi connectivity index (χ1) is 12.6. The van der Waals surface area contributed by atoms with E-state index >= 15 is 0 Å². The summed E-state index contributed by atoms with van der Waals surface area (Å²) in [4.78, 5) is 27.3. The fraction of sp³-hybridized carbons (Fsp3) is 0.300. The lowest BCUT2D eigenvalue weighted by Crippen LogP contribution is -2.58. The van der Waals surface area contributed by atoms with E-state index in [0.29, 0.717) is 18.7 Å². The first-order valence-electron chi connectivity index (χ1n) is 8.71. The number of carbonyl (C=O) groups excluding carboxylic acids is 2. The molecule has 2 saturated heterocycles. The molecule has 0 aromatic heterocycles. The molecule has 2 aromatic rings. The van der Waals surface area contributed by atoms with Crippen molar-refractivity contribution in [3.05, 3.63) is 64.6 Å². The first-order valence-corrected chi connectivity index (χ1v) is 9.50. The van der Waals surface area contributed by atoms with Gasteiger partial charge in [0.05, 0.1) is 10.5 Å². The second-order valence-electron chi connectivity index (χ2n) is 6.58. The molecule has 0 spiro atoms. The molecule has 0 saturated carbocycles. The molecule has 134 valence electrons. The summed E-state index contributed by atoms with van der Waals surface area (Å²) in [7, 11) is 0. The molecule has 1 N–H and O–H groups in total. The molecule has 6 heteroatoms. The van der Waals surface area contributed by atoms with Gasteiger partial charge in [-0.05, 0) is 40.9 Å². The molecule has 26 heavy (non-hydrogen) atoms. The van der Waals surface area contributed by atoms with Gasteiger partial charge in [-0.1, -0.05) is 42.5 Å². The van der Waals surface area contributed by atoms with Gasteiger partial charge < -0.3 is 15.0 Å². The van der Waals surface area contributed by atoms with E-state index in [9.17, 15) is 9.59 Å². The third kappa shape index (κ3) is 3.09. The van der Waals surface area contributed by atoms with Gasteiger partial charge in [0.1, 0.15) is 11.8 Å². The Morgan fingerprint density at radius 3 is 2.62 bits per heavy atom. The maximum atomic E-state index is 13.4. The molecule has 2 amide bonds. The minimum Gasteiger partial charge on any atom is -0.475 e. The first kappa shape index (κ1) is 17.1. The minimum atomic E-state index is -0.788. The van der Waals surface area contributed by atoms with Crippen LogP contribution in [0.15, 0.2) is 59.1 Å². The number of para-hydroxylation sites is 1. The van der Waals surface area contributed by atoms with Crippen LogP contribution in [-0.2, 0) is 9.59 Å². The number of benzene rings is 2. The largest absolute Gasteiger partial charge is 0.475 e. The van der Waals surface area contributed by atoms with Crippen LogP contribution in [0.4, 0.5) is 0 Å². The summed E-state index contributed by atoms with van der Waals surface area (Å²) in [5.74, 6) is 0.373. The van der Waals surface area contributed by atoms with E-state index in [0.717, 1.165) is 16.5 Å². The Morgan fingerprint density at radius 2 is 1.85 bits per heavy atom. The zero-order valence-corrected chi connectivity index (χ0v) is 15.7. The van der Waals surface area contributed by atoms with Gasteiger partial charge in [0.15, 0.2) is 0 Å². The molecule has 5 nitrogen and oxygen atoms in total. The summed E-state index contributed by atoms with van der Waals surface area (Å²) in [6.07, 6.45) is 0.758. The Labute approximate surface area is 160 Å². The molecule has 2 aliphatic rings. The standard InChI is InChI=1S/C20H19BrN2O3/c21-15-8-4-5-9-17(15)26-18(13-6-2-1-3-7-13)20(25)23-14-10-11-16(23)19(24)22-12-14/h1-9,14,16,18H,10-12H2,(H,22,24). The zero-order chi connectivity index (χ0) is 18.1. The number of hydrogen-bond acceptors (Lipinski definition) is 3. The Hall–Kier alpha value is -2.34. The minimum absolute atomic E-state index is 0.0410. The molecule has 2 aromatic carbocycles. The van der Waals surface area contributed by atoms with E-state index in [1.54, 1.807) is 4.90 Å². The van der Waals surface area contributed by atoms with E-state index in [-0.39, 0.29) is 17.9 Å².